The van der Waals surface area contributed by atoms with Crippen molar-refractivity contribution < 1.29 is 23.8 Å². The molecule has 1 aliphatic rings. The summed E-state index contributed by atoms with van der Waals surface area (Å²) in [5, 5.41) is 5.61. The summed E-state index contributed by atoms with van der Waals surface area (Å²) in [6.45, 7) is 5.89. The fourth-order valence-electron chi connectivity index (χ4n) is 3.29. The molecule has 2 aromatic rings. The summed E-state index contributed by atoms with van der Waals surface area (Å²) in [6.07, 6.45) is -0.310. The van der Waals surface area contributed by atoms with Gasteiger partial charge in [0.25, 0.3) is 0 Å². The maximum absolute atomic E-state index is 13.1. The first-order chi connectivity index (χ1) is 14.4. The average molecular weight is 410 g/mol. The van der Waals surface area contributed by atoms with E-state index in [4.69, 9.17) is 14.2 Å². The lowest BCUT2D eigenvalue weighted by Gasteiger charge is -2.30. The third-order valence-electron chi connectivity index (χ3n) is 4.52. The smallest absolute Gasteiger partial charge is 0.338 e. The van der Waals surface area contributed by atoms with Crippen LogP contribution < -0.4 is 20.1 Å². The molecule has 0 fully saturated rings. The SMILES string of the molecule is CCOc1cc(C2NC(=O)NC(c3ccccc3)=C2C(=O)OC(C)C)ccc1OC. The molecule has 1 heterocycles. The zero-order valence-corrected chi connectivity index (χ0v) is 17.5. The van der Waals surface area contributed by atoms with Gasteiger partial charge in [-0.1, -0.05) is 36.4 Å². The van der Waals surface area contributed by atoms with Crippen LogP contribution in [0.5, 0.6) is 11.5 Å². The molecule has 0 aromatic heterocycles. The summed E-state index contributed by atoms with van der Waals surface area (Å²) < 4.78 is 16.5. The second-order valence-corrected chi connectivity index (χ2v) is 6.98. The predicted octanol–water partition coefficient (Wildman–Crippen LogP) is 3.81. The standard InChI is InChI=1S/C23H26N2O5/c1-5-29-18-13-16(11-12-17(18)28-4)21-19(22(26)30-14(2)3)20(24-23(27)25-21)15-9-7-6-8-10-15/h6-14,21H,5H2,1-4H3,(H2,24,25,27). The Bertz CT molecular complexity index is 953. The summed E-state index contributed by atoms with van der Waals surface area (Å²) in [5.41, 5.74) is 2.13. The van der Waals surface area contributed by atoms with Gasteiger partial charge >= 0.3 is 12.0 Å². The first-order valence-electron chi connectivity index (χ1n) is 9.83. The maximum atomic E-state index is 13.1. The van der Waals surface area contributed by atoms with Crippen LogP contribution in [0.2, 0.25) is 0 Å². The van der Waals surface area contributed by atoms with Gasteiger partial charge in [0, 0.05) is 0 Å². The predicted molar refractivity (Wildman–Crippen MR) is 113 cm³/mol. The molecule has 30 heavy (non-hydrogen) atoms. The molecule has 3 rings (SSSR count). The number of carbonyl (C=O) groups is 2. The third-order valence-corrected chi connectivity index (χ3v) is 4.52. The van der Waals surface area contributed by atoms with E-state index in [1.165, 1.54) is 0 Å². The maximum Gasteiger partial charge on any atom is 0.338 e. The summed E-state index contributed by atoms with van der Waals surface area (Å²) in [6, 6.07) is 13.4. The van der Waals surface area contributed by atoms with Crippen molar-refractivity contribution in [2.75, 3.05) is 13.7 Å². The second kappa shape index (κ2) is 9.35. The lowest BCUT2D eigenvalue weighted by atomic mass is 9.92. The number of hydrogen-bond donors (Lipinski definition) is 2. The molecule has 7 heteroatoms. The van der Waals surface area contributed by atoms with Crippen molar-refractivity contribution in [2.24, 2.45) is 0 Å². The molecule has 2 aromatic carbocycles. The molecule has 1 unspecified atom stereocenters. The van der Waals surface area contributed by atoms with Crippen LogP contribution in [-0.4, -0.2) is 31.8 Å². The number of carbonyl (C=O) groups excluding carboxylic acids is 2. The molecule has 1 atom stereocenters. The van der Waals surface area contributed by atoms with Gasteiger partial charge in [0.1, 0.15) is 0 Å². The topological polar surface area (TPSA) is 85.9 Å². The molecule has 0 aliphatic carbocycles. The fraction of sp³-hybridized carbons (Fsp3) is 0.304. The number of esters is 1. The Labute approximate surface area is 176 Å². The quantitative estimate of drug-likeness (QED) is 0.678. The van der Waals surface area contributed by atoms with E-state index >= 15 is 0 Å². The molecule has 1 aliphatic heterocycles. The lowest BCUT2D eigenvalue weighted by Crippen LogP contribution is -2.45. The van der Waals surface area contributed by atoms with Crippen molar-refractivity contribution in [3.05, 3.63) is 65.2 Å². The third kappa shape index (κ3) is 4.56. The van der Waals surface area contributed by atoms with Crippen molar-refractivity contribution in [1.82, 2.24) is 10.6 Å². The van der Waals surface area contributed by atoms with Crippen LogP contribution in [0, 0.1) is 0 Å². The number of nitrogens with one attached hydrogen (secondary N) is 2. The molecule has 158 valence electrons. The highest BCUT2D eigenvalue weighted by Gasteiger charge is 2.35. The van der Waals surface area contributed by atoms with Gasteiger partial charge in [0.2, 0.25) is 0 Å². The number of methoxy groups -OCH3 is 1. The van der Waals surface area contributed by atoms with E-state index in [1.807, 2.05) is 37.3 Å². The van der Waals surface area contributed by atoms with Gasteiger partial charge in [-0.15, -0.1) is 0 Å². The Morgan fingerprint density at radius 3 is 2.47 bits per heavy atom. The highest BCUT2D eigenvalue weighted by atomic mass is 16.5. The Morgan fingerprint density at radius 2 is 1.83 bits per heavy atom. The van der Waals surface area contributed by atoms with Gasteiger partial charge in [-0.3, -0.25) is 0 Å². The summed E-state index contributed by atoms with van der Waals surface area (Å²) in [7, 11) is 1.56. The van der Waals surface area contributed by atoms with Gasteiger partial charge in [0.15, 0.2) is 11.5 Å². The summed E-state index contributed by atoms with van der Waals surface area (Å²) >= 11 is 0. The number of urea groups is 1. The van der Waals surface area contributed by atoms with E-state index in [-0.39, 0.29) is 6.10 Å². The Morgan fingerprint density at radius 1 is 1.10 bits per heavy atom. The first kappa shape index (κ1) is 21.2. The van der Waals surface area contributed by atoms with Crippen LogP contribution >= 0.6 is 0 Å². The highest BCUT2D eigenvalue weighted by molar-refractivity contribution is 6.04. The molecule has 0 spiro atoms. The molecule has 0 saturated carbocycles. The van der Waals surface area contributed by atoms with Crippen LogP contribution in [0.3, 0.4) is 0 Å². The van der Waals surface area contributed by atoms with Crippen molar-refractivity contribution in [2.45, 2.75) is 32.9 Å². The zero-order valence-electron chi connectivity index (χ0n) is 17.5. The molecular weight excluding hydrogens is 384 g/mol. The fourth-order valence-corrected chi connectivity index (χ4v) is 3.29. The van der Waals surface area contributed by atoms with Crippen LogP contribution in [0.25, 0.3) is 5.70 Å². The van der Waals surface area contributed by atoms with E-state index in [0.29, 0.717) is 40.5 Å². The minimum atomic E-state index is -0.717. The van der Waals surface area contributed by atoms with E-state index < -0.39 is 18.0 Å². The van der Waals surface area contributed by atoms with Gasteiger partial charge < -0.3 is 24.8 Å². The molecule has 0 radical (unpaired) electrons. The van der Waals surface area contributed by atoms with Gasteiger partial charge in [-0.2, -0.15) is 0 Å². The lowest BCUT2D eigenvalue weighted by molar-refractivity contribution is -0.143. The molecule has 0 saturated heterocycles. The zero-order chi connectivity index (χ0) is 21.7. The van der Waals surface area contributed by atoms with Crippen molar-refractivity contribution >= 4 is 17.7 Å². The van der Waals surface area contributed by atoms with E-state index in [0.717, 1.165) is 0 Å². The van der Waals surface area contributed by atoms with Gasteiger partial charge in [-0.05, 0) is 44.0 Å². The van der Waals surface area contributed by atoms with Gasteiger partial charge in [0.05, 0.1) is 37.1 Å². The number of amides is 2. The molecule has 2 amide bonds. The molecule has 7 nitrogen and oxygen atoms in total. The largest absolute Gasteiger partial charge is 0.493 e. The number of hydrogen-bond acceptors (Lipinski definition) is 5. The summed E-state index contributed by atoms with van der Waals surface area (Å²) in [5.74, 6) is 0.595. The van der Waals surface area contributed by atoms with Gasteiger partial charge in [-0.25, -0.2) is 9.59 Å². The minimum absolute atomic E-state index is 0.310. The summed E-state index contributed by atoms with van der Waals surface area (Å²) in [4.78, 5) is 25.6. The van der Waals surface area contributed by atoms with Crippen molar-refractivity contribution in [3.63, 3.8) is 0 Å². The van der Waals surface area contributed by atoms with Crippen molar-refractivity contribution in [3.8, 4) is 11.5 Å². The van der Waals surface area contributed by atoms with E-state index in [9.17, 15) is 9.59 Å². The number of ether oxygens (including phenoxy) is 3. The Kier molecular flexibility index (Phi) is 6.61. The van der Waals surface area contributed by atoms with Crippen LogP contribution in [-0.2, 0) is 9.53 Å². The first-order valence-corrected chi connectivity index (χ1v) is 9.83. The Balaban J connectivity index is 2.17. The minimum Gasteiger partial charge on any atom is -0.493 e. The molecule has 2 N–H and O–H groups in total. The second-order valence-electron chi connectivity index (χ2n) is 6.98. The number of rotatable bonds is 7. The average Bonchev–Trinajstić information content (AvgIpc) is 2.73. The highest BCUT2D eigenvalue weighted by Crippen LogP contribution is 2.36. The monoisotopic (exact) mass is 410 g/mol. The normalized spacial score (nSPS) is 16.0. The number of benzene rings is 2. The Hall–Kier alpha value is -3.48. The van der Waals surface area contributed by atoms with Crippen molar-refractivity contribution in [1.29, 1.82) is 0 Å². The van der Waals surface area contributed by atoms with E-state index in [1.54, 1.807) is 39.2 Å². The van der Waals surface area contributed by atoms with E-state index in [2.05, 4.69) is 10.6 Å². The van der Waals surface area contributed by atoms with Crippen LogP contribution in [0.1, 0.15) is 37.9 Å². The molecular formula is C23H26N2O5. The van der Waals surface area contributed by atoms with Crippen LogP contribution in [0.4, 0.5) is 4.79 Å². The van der Waals surface area contributed by atoms with Crippen LogP contribution in [0.15, 0.2) is 54.1 Å². The molecule has 0 bridgehead atoms.